The van der Waals surface area contributed by atoms with E-state index in [1.54, 1.807) is 67.8 Å². The van der Waals surface area contributed by atoms with E-state index in [4.69, 9.17) is 9.47 Å². The Hall–Kier alpha value is -3.93. The first-order chi connectivity index (χ1) is 15.9. The predicted molar refractivity (Wildman–Crippen MR) is 126 cm³/mol. The van der Waals surface area contributed by atoms with Gasteiger partial charge in [0, 0.05) is 23.2 Å². The minimum atomic E-state index is -1.08. The molecule has 6 heteroatoms. The topological polar surface area (TPSA) is 81.7 Å². The van der Waals surface area contributed by atoms with Crippen molar-refractivity contribution in [3.8, 4) is 5.75 Å². The van der Waals surface area contributed by atoms with Crippen LogP contribution in [0.2, 0.25) is 0 Å². The summed E-state index contributed by atoms with van der Waals surface area (Å²) in [4.78, 5) is 38.0. The lowest BCUT2D eigenvalue weighted by Gasteiger charge is -2.18. The van der Waals surface area contributed by atoms with Crippen LogP contribution in [0, 0.1) is 13.8 Å². The zero-order valence-electron chi connectivity index (χ0n) is 19.0. The van der Waals surface area contributed by atoms with E-state index in [0.717, 1.165) is 11.1 Å². The number of amides is 1. The van der Waals surface area contributed by atoms with Gasteiger partial charge in [0.2, 0.25) is 11.7 Å². The Morgan fingerprint density at radius 1 is 0.848 bits per heavy atom. The second kappa shape index (κ2) is 11.1. The number of carbonyl (C=O) groups is 3. The second-order valence-electron chi connectivity index (χ2n) is 7.72. The molecule has 3 rings (SSSR count). The minimum Gasteiger partial charge on any atom is -0.497 e. The lowest BCUT2D eigenvalue weighted by molar-refractivity contribution is -0.148. The molecule has 170 valence electrons. The van der Waals surface area contributed by atoms with Crippen LogP contribution in [-0.2, 0) is 14.3 Å². The highest BCUT2D eigenvalue weighted by Gasteiger charge is 2.26. The summed E-state index contributed by atoms with van der Waals surface area (Å²) >= 11 is 0. The molecule has 0 saturated heterocycles. The largest absolute Gasteiger partial charge is 0.497 e. The van der Waals surface area contributed by atoms with Gasteiger partial charge in [-0.05, 0) is 55.3 Å². The van der Waals surface area contributed by atoms with Crippen LogP contribution in [0.15, 0.2) is 72.8 Å². The van der Waals surface area contributed by atoms with Gasteiger partial charge in [0.25, 0.3) is 0 Å². The average Bonchev–Trinajstić information content (AvgIpc) is 2.83. The number of ether oxygens (including phenoxy) is 2. The number of carbonyl (C=O) groups excluding carboxylic acids is 3. The van der Waals surface area contributed by atoms with Crippen LogP contribution in [0.1, 0.15) is 46.0 Å². The van der Waals surface area contributed by atoms with Crippen LogP contribution in [0.25, 0.3) is 0 Å². The summed E-state index contributed by atoms with van der Waals surface area (Å²) in [5.41, 5.74) is 3.70. The van der Waals surface area contributed by atoms with Gasteiger partial charge in [0.1, 0.15) is 5.75 Å². The number of Topliss-reactive ketones (excluding diaryl/α,β-unsaturated/α-hetero) is 1. The van der Waals surface area contributed by atoms with Gasteiger partial charge in [0.05, 0.1) is 13.5 Å². The van der Waals surface area contributed by atoms with Gasteiger partial charge in [-0.1, -0.05) is 42.5 Å². The number of hydrogen-bond acceptors (Lipinski definition) is 5. The molecule has 33 heavy (non-hydrogen) atoms. The number of anilines is 1. The van der Waals surface area contributed by atoms with Crippen LogP contribution in [-0.4, -0.2) is 24.8 Å². The fourth-order valence-corrected chi connectivity index (χ4v) is 3.25. The molecule has 0 spiro atoms. The third-order valence-corrected chi connectivity index (χ3v) is 5.31. The van der Waals surface area contributed by atoms with Crippen LogP contribution < -0.4 is 10.1 Å². The maximum Gasteiger partial charge on any atom is 0.307 e. The summed E-state index contributed by atoms with van der Waals surface area (Å²) in [6, 6.07) is 21.2. The molecule has 0 heterocycles. The SMILES string of the molecule is COc1ccc(NC(=O)CCC(=O)OC(C(=O)c2ccc(C)c(C)c2)c2ccccc2)cc1. The summed E-state index contributed by atoms with van der Waals surface area (Å²) in [5.74, 6) is -0.572. The number of benzene rings is 3. The highest BCUT2D eigenvalue weighted by atomic mass is 16.5. The number of esters is 1. The van der Waals surface area contributed by atoms with E-state index in [9.17, 15) is 14.4 Å². The van der Waals surface area contributed by atoms with Crippen molar-refractivity contribution in [2.24, 2.45) is 0 Å². The lowest BCUT2D eigenvalue weighted by Crippen LogP contribution is -2.21. The van der Waals surface area contributed by atoms with Crippen molar-refractivity contribution < 1.29 is 23.9 Å². The maximum absolute atomic E-state index is 13.2. The molecule has 0 aliphatic carbocycles. The first kappa shape index (κ1) is 23.7. The van der Waals surface area contributed by atoms with Gasteiger partial charge < -0.3 is 14.8 Å². The summed E-state index contributed by atoms with van der Waals surface area (Å²) in [6.07, 6.45) is -1.29. The zero-order chi connectivity index (χ0) is 23.8. The molecule has 0 bridgehead atoms. The van der Waals surface area contributed by atoms with Gasteiger partial charge in [-0.3, -0.25) is 14.4 Å². The molecule has 1 N–H and O–H groups in total. The molecule has 3 aromatic carbocycles. The number of hydrogen-bond donors (Lipinski definition) is 1. The fraction of sp³-hybridized carbons (Fsp3) is 0.222. The number of nitrogens with one attached hydrogen (secondary N) is 1. The van der Waals surface area contributed by atoms with E-state index in [1.807, 2.05) is 26.0 Å². The molecule has 6 nitrogen and oxygen atoms in total. The molecular formula is C27H27NO5. The van der Waals surface area contributed by atoms with Crippen LogP contribution in [0.3, 0.4) is 0 Å². The second-order valence-corrected chi connectivity index (χ2v) is 7.72. The normalized spacial score (nSPS) is 11.4. The molecule has 0 fully saturated rings. The highest BCUT2D eigenvalue weighted by molar-refractivity contribution is 6.01. The van der Waals surface area contributed by atoms with E-state index in [0.29, 0.717) is 22.6 Å². The van der Waals surface area contributed by atoms with Crippen LogP contribution >= 0.6 is 0 Å². The Morgan fingerprint density at radius 2 is 1.55 bits per heavy atom. The third-order valence-electron chi connectivity index (χ3n) is 5.31. The maximum atomic E-state index is 13.2. The third kappa shape index (κ3) is 6.53. The van der Waals surface area contributed by atoms with E-state index >= 15 is 0 Å². The van der Waals surface area contributed by atoms with Crippen molar-refractivity contribution in [3.63, 3.8) is 0 Å². The summed E-state index contributed by atoms with van der Waals surface area (Å²) < 4.78 is 10.7. The standard InChI is InChI=1S/C27H27NO5/c1-18-9-10-21(17-19(18)2)26(31)27(20-7-5-4-6-8-20)33-25(30)16-15-24(29)28-22-11-13-23(32-3)14-12-22/h4-14,17,27H,15-16H2,1-3H3,(H,28,29). The monoisotopic (exact) mass is 445 g/mol. The number of aryl methyl sites for hydroxylation is 2. The fourth-order valence-electron chi connectivity index (χ4n) is 3.25. The van der Waals surface area contributed by atoms with Crippen molar-refractivity contribution in [2.45, 2.75) is 32.8 Å². The van der Waals surface area contributed by atoms with Crippen molar-refractivity contribution in [3.05, 3.63) is 95.1 Å². The molecule has 0 radical (unpaired) electrons. The first-order valence-corrected chi connectivity index (χ1v) is 10.7. The molecule has 1 amide bonds. The highest BCUT2D eigenvalue weighted by Crippen LogP contribution is 2.25. The van der Waals surface area contributed by atoms with Gasteiger partial charge in [-0.2, -0.15) is 0 Å². The van der Waals surface area contributed by atoms with Gasteiger partial charge in [0.15, 0.2) is 6.10 Å². The van der Waals surface area contributed by atoms with E-state index in [1.165, 1.54) is 0 Å². The van der Waals surface area contributed by atoms with Crippen LogP contribution in [0.5, 0.6) is 5.75 Å². The molecule has 0 aliphatic heterocycles. The molecule has 0 aliphatic rings. The Morgan fingerprint density at radius 3 is 2.18 bits per heavy atom. The molecule has 0 aromatic heterocycles. The first-order valence-electron chi connectivity index (χ1n) is 10.7. The number of ketones is 1. The number of methoxy groups -OCH3 is 1. The zero-order valence-corrected chi connectivity index (χ0v) is 19.0. The van der Waals surface area contributed by atoms with Crippen molar-refractivity contribution in [1.82, 2.24) is 0 Å². The Bertz CT molecular complexity index is 1120. The molecule has 1 unspecified atom stereocenters. The van der Waals surface area contributed by atoms with Crippen molar-refractivity contribution in [2.75, 3.05) is 12.4 Å². The summed E-state index contributed by atoms with van der Waals surface area (Å²) in [7, 11) is 1.56. The van der Waals surface area contributed by atoms with Gasteiger partial charge in [-0.15, -0.1) is 0 Å². The smallest absolute Gasteiger partial charge is 0.307 e. The number of rotatable bonds is 9. The summed E-state index contributed by atoms with van der Waals surface area (Å²) in [5, 5.41) is 2.72. The summed E-state index contributed by atoms with van der Waals surface area (Å²) in [6.45, 7) is 3.90. The Balaban J connectivity index is 1.65. The molecule has 1 atom stereocenters. The lowest BCUT2D eigenvalue weighted by atomic mass is 9.97. The van der Waals surface area contributed by atoms with Gasteiger partial charge >= 0.3 is 5.97 Å². The molecular weight excluding hydrogens is 418 g/mol. The Labute approximate surface area is 193 Å². The molecule has 3 aromatic rings. The minimum absolute atomic E-state index is 0.0653. The van der Waals surface area contributed by atoms with E-state index in [2.05, 4.69) is 5.32 Å². The van der Waals surface area contributed by atoms with Crippen molar-refractivity contribution >= 4 is 23.3 Å². The average molecular weight is 446 g/mol. The molecule has 0 saturated carbocycles. The Kier molecular flexibility index (Phi) is 7.97. The van der Waals surface area contributed by atoms with E-state index < -0.39 is 12.1 Å². The van der Waals surface area contributed by atoms with Gasteiger partial charge in [-0.25, -0.2) is 0 Å². The van der Waals surface area contributed by atoms with Crippen molar-refractivity contribution in [1.29, 1.82) is 0 Å². The predicted octanol–water partition coefficient (Wildman–Crippen LogP) is 5.20. The quantitative estimate of drug-likeness (QED) is 0.362. The van der Waals surface area contributed by atoms with Crippen LogP contribution in [0.4, 0.5) is 5.69 Å². The van der Waals surface area contributed by atoms with E-state index in [-0.39, 0.29) is 24.5 Å².